The molecule has 148 valence electrons. The number of benzene rings is 1. The zero-order chi connectivity index (χ0) is 19.4. The number of amides is 2. The minimum atomic E-state index is 0.0218. The van der Waals surface area contributed by atoms with E-state index in [4.69, 9.17) is 0 Å². The van der Waals surface area contributed by atoms with Crippen molar-refractivity contribution >= 4 is 11.8 Å². The number of hydrogen-bond acceptors (Lipinski definition) is 3. The van der Waals surface area contributed by atoms with Crippen molar-refractivity contribution in [2.24, 2.45) is 5.92 Å². The molecule has 1 unspecified atom stereocenters. The van der Waals surface area contributed by atoms with Gasteiger partial charge in [0.25, 0.3) is 0 Å². The molecule has 5 nitrogen and oxygen atoms in total. The molecular weight excluding hydrogens is 338 g/mol. The summed E-state index contributed by atoms with van der Waals surface area (Å²) in [5.74, 6) is 0.307. The predicted octanol–water partition coefficient (Wildman–Crippen LogP) is 2.54. The Morgan fingerprint density at radius 3 is 2.33 bits per heavy atom. The van der Waals surface area contributed by atoms with Crippen LogP contribution < -0.4 is 5.32 Å². The third-order valence-electron chi connectivity index (χ3n) is 5.80. The average molecular weight is 372 g/mol. The Bertz CT molecular complexity index is 678. The molecule has 0 bridgehead atoms. The Hall–Kier alpha value is -1.88. The number of nitrogens with zero attached hydrogens (tertiary/aromatic N) is 2. The van der Waals surface area contributed by atoms with E-state index < -0.39 is 0 Å². The number of carbonyl (C=O) groups is 2. The lowest BCUT2D eigenvalue weighted by atomic mass is 9.89. The summed E-state index contributed by atoms with van der Waals surface area (Å²) in [4.78, 5) is 28.6. The molecule has 1 aromatic rings. The van der Waals surface area contributed by atoms with Gasteiger partial charge in [-0.05, 0) is 49.3 Å². The Morgan fingerprint density at radius 2 is 1.67 bits per heavy atom. The quantitative estimate of drug-likeness (QED) is 0.865. The van der Waals surface area contributed by atoms with E-state index in [0.29, 0.717) is 19.6 Å². The van der Waals surface area contributed by atoms with E-state index >= 15 is 0 Å². The molecule has 0 saturated carbocycles. The number of fused-ring (bicyclic) bond motifs is 1. The van der Waals surface area contributed by atoms with Crippen LogP contribution in [0.15, 0.2) is 18.2 Å². The third-order valence-corrected chi connectivity index (χ3v) is 5.80. The van der Waals surface area contributed by atoms with Gasteiger partial charge >= 0.3 is 0 Å². The number of hydrogen-bond donors (Lipinski definition) is 1. The molecule has 0 radical (unpaired) electrons. The zero-order valence-corrected chi connectivity index (χ0v) is 17.0. The number of piperazine rings is 1. The largest absolute Gasteiger partial charge is 0.348 e. The van der Waals surface area contributed by atoms with Crippen molar-refractivity contribution in [2.45, 2.75) is 52.5 Å². The lowest BCUT2D eigenvalue weighted by molar-refractivity contribution is -0.136. The Balaban J connectivity index is 1.47. The van der Waals surface area contributed by atoms with Crippen molar-refractivity contribution < 1.29 is 9.59 Å². The van der Waals surface area contributed by atoms with Crippen molar-refractivity contribution in [2.75, 3.05) is 32.7 Å². The van der Waals surface area contributed by atoms with Gasteiger partial charge in [0, 0.05) is 32.1 Å². The van der Waals surface area contributed by atoms with Crippen LogP contribution >= 0.6 is 0 Å². The molecule has 1 fully saturated rings. The first kappa shape index (κ1) is 19.9. The maximum atomic E-state index is 12.5. The molecule has 1 aliphatic carbocycles. The molecule has 1 aromatic carbocycles. The first-order valence-corrected chi connectivity index (χ1v) is 10.4. The highest BCUT2D eigenvalue weighted by Gasteiger charge is 2.24. The smallest absolute Gasteiger partial charge is 0.234 e. The van der Waals surface area contributed by atoms with Gasteiger partial charge in [-0.2, -0.15) is 0 Å². The van der Waals surface area contributed by atoms with Gasteiger partial charge in [0.2, 0.25) is 11.8 Å². The fraction of sp³-hybridized carbons (Fsp3) is 0.636. The van der Waals surface area contributed by atoms with Crippen LogP contribution in [0.4, 0.5) is 0 Å². The fourth-order valence-electron chi connectivity index (χ4n) is 4.09. The number of aryl methyl sites for hydroxylation is 2. The molecule has 1 atom stereocenters. The number of nitrogens with one attached hydrogen (secondary N) is 1. The van der Waals surface area contributed by atoms with Crippen molar-refractivity contribution in [1.29, 1.82) is 0 Å². The van der Waals surface area contributed by atoms with Crippen LogP contribution in [0.2, 0.25) is 0 Å². The van der Waals surface area contributed by atoms with Crippen LogP contribution in [-0.2, 0) is 22.4 Å². The second kappa shape index (κ2) is 8.87. The Labute approximate surface area is 163 Å². The lowest BCUT2D eigenvalue weighted by Crippen LogP contribution is -2.52. The fourth-order valence-corrected chi connectivity index (χ4v) is 4.09. The zero-order valence-electron chi connectivity index (χ0n) is 17.0. The summed E-state index contributed by atoms with van der Waals surface area (Å²) >= 11 is 0. The van der Waals surface area contributed by atoms with Gasteiger partial charge in [0.05, 0.1) is 12.6 Å². The Morgan fingerprint density at radius 1 is 1.00 bits per heavy atom. The standard InChI is InChI=1S/C22H33N3O2/c1-16(2)22(27)25-12-10-24(11-13-25)15-21(26)23-17(3)19-9-8-18-6-4-5-7-20(18)14-19/h8-9,14,16-17H,4-7,10-13,15H2,1-3H3,(H,23,26). The van der Waals surface area contributed by atoms with Gasteiger partial charge in [-0.25, -0.2) is 0 Å². The van der Waals surface area contributed by atoms with Gasteiger partial charge in [0.15, 0.2) is 0 Å². The van der Waals surface area contributed by atoms with E-state index in [2.05, 4.69) is 35.3 Å². The second-order valence-electron chi connectivity index (χ2n) is 8.28. The summed E-state index contributed by atoms with van der Waals surface area (Å²) in [7, 11) is 0. The summed E-state index contributed by atoms with van der Waals surface area (Å²) in [5.41, 5.74) is 4.11. The highest BCUT2D eigenvalue weighted by Crippen LogP contribution is 2.24. The summed E-state index contributed by atoms with van der Waals surface area (Å²) in [6.45, 7) is 9.28. The van der Waals surface area contributed by atoms with Crippen LogP contribution in [0.25, 0.3) is 0 Å². The van der Waals surface area contributed by atoms with Gasteiger partial charge in [-0.3, -0.25) is 14.5 Å². The monoisotopic (exact) mass is 371 g/mol. The van der Waals surface area contributed by atoms with Gasteiger partial charge in [-0.15, -0.1) is 0 Å². The molecule has 2 aliphatic rings. The summed E-state index contributed by atoms with van der Waals surface area (Å²) in [6.07, 6.45) is 4.89. The van der Waals surface area contributed by atoms with Crippen LogP contribution in [0.5, 0.6) is 0 Å². The second-order valence-corrected chi connectivity index (χ2v) is 8.28. The minimum absolute atomic E-state index is 0.0218. The first-order chi connectivity index (χ1) is 12.9. The molecule has 1 N–H and O–H groups in total. The van der Waals surface area contributed by atoms with Crippen molar-refractivity contribution in [3.05, 3.63) is 34.9 Å². The number of rotatable bonds is 5. The summed E-state index contributed by atoms with van der Waals surface area (Å²) in [6, 6.07) is 6.69. The lowest BCUT2D eigenvalue weighted by Gasteiger charge is -2.35. The molecule has 0 aromatic heterocycles. The van der Waals surface area contributed by atoms with E-state index in [1.165, 1.54) is 36.0 Å². The topological polar surface area (TPSA) is 52.7 Å². The molecule has 1 heterocycles. The molecule has 1 saturated heterocycles. The normalized spacial score (nSPS) is 18.9. The molecule has 2 amide bonds. The van der Waals surface area contributed by atoms with Crippen LogP contribution in [0.3, 0.4) is 0 Å². The molecule has 1 aliphatic heterocycles. The van der Waals surface area contributed by atoms with Crippen molar-refractivity contribution in [1.82, 2.24) is 15.1 Å². The van der Waals surface area contributed by atoms with Crippen LogP contribution in [0.1, 0.15) is 56.3 Å². The predicted molar refractivity (Wildman–Crippen MR) is 107 cm³/mol. The minimum Gasteiger partial charge on any atom is -0.348 e. The molecule has 3 rings (SSSR count). The van der Waals surface area contributed by atoms with Gasteiger partial charge in [0.1, 0.15) is 0 Å². The summed E-state index contributed by atoms with van der Waals surface area (Å²) in [5, 5.41) is 3.14. The molecule has 5 heteroatoms. The molecule has 0 spiro atoms. The van der Waals surface area contributed by atoms with E-state index in [0.717, 1.165) is 19.5 Å². The van der Waals surface area contributed by atoms with Crippen LogP contribution in [0, 0.1) is 5.92 Å². The number of carbonyl (C=O) groups excluding carboxylic acids is 2. The van der Waals surface area contributed by atoms with Gasteiger partial charge < -0.3 is 10.2 Å². The Kier molecular flexibility index (Phi) is 6.53. The van der Waals surface area contributed by atoms with E-state index in [9.17, 15) is 9.59 Å². The van der Waals surface area contributed by atoms with Crippen LogP contribution in [-0.4, -0.2) is 54.3 Å². The average Bonchev–Trinajstić information content (AvgIpc) is 2.67. The van der Waals surface area contributed by atoms with E-state index in [-0.39, 0.29) is 23.8 Å². The highest BCUT2D eigenvalue weighted by atomic mass is 16.2. The van der Waals surface area contributed by atoms with Crippen molar-refractivity contribution in [3.63, 3.8) is 0 Å². The third kappa shape index (κ3) is 5.10. The maximum Gasteiger partial charge on any atom is 0.234 e. The molecule has 27 heavy (non-hydrogen) atoms. The van der Waals surface area contributed by atoms with E-state index in [1.54, 1.807) is 0 Å². The highest BCUT2D eigenvalue weighted by molar-refractivity contribution is 5.79. The first-order valence-electron chi connectivity index (χ1n) is 10.4. The van der Waals surface area contributed by atoms with Gasteiger partial charge in [-0.1, -0.05) is 32.0 Å². The van der Waals surface area contributed by atoms with Crippen molar-refractivity contribution in [3.8, 4) is 0 Å². The maximum absolute atomic E-state index is 12.5. The van der Waals surface area contributed by atoms with E-state index in [1.807, 2.05) is 18.7 Å². The summed E-state index contributed by atoms with van der Waals surface area (Å²) < 4.78 is 0. The SMILES string of the molecule is CC(C)C(=O)N1CCN(CC(=O)NC(C)c2ccc3c(c2)CCCC3)CC1. The molecular formula is C22H33N3O2.